The lowest BCUT2D eigenvalue weighted by atomic mass is 10.1. The summed E-state index contributed by atoms with van der Waals surface area (Å²) in [6.07, 6.45) is 13.8. The first kappa shape index (κ1) is 20.7. The van der Waals surface area contributed by atoms with Crippen LogP contribution in [0.5, 0.6) is 0 Å². The average molecular weight is 396 g/mol. The first-order valence-electron chi connectivity index (χ1n) is 10.0. The fourth-order valence-corrected chi connectivity index (χ4v) is 3.26. The van der Waals surface area contributed by atoms with E-state index in [1.165, 1.54) is 6.20 Å². The van der Waals surface area contributed by atoms with Gasteiger partial charge in [0.05, 0.1) is 41.5 Å². The minimum atomic E-state index is 0.381. The second kappa shape index (κ2) is 9.97. The molecule has 29 heavy (non-hydrogen) atoms. The van der Waals surface area contributed by atoms with Crippen molar-refractivity contribution < 1.29 is 4.74 Å². The molecule has 2 N–H and O–H groups in total. The monoisotopic (exact) mass is 395 g/mol. The van der Waals surface area contributed by atoms with Crippen molar-refractivity contribution in [3.63, 3.8) is 0 Å². The zero-order chi connectivity index (χ0) is 20.6. The van der Waals surface area contributed by atoms with E-state index in [-0.39, 0.29) is 0 Å². The first-order chi connectivity index (χ1) is 14.2. The third-order valence-corrected chi connectivity index (χ3v) is 4.92. The lowest BCUT2D eigenvalue weighted by Gasteiger charge is -2.12. The molecule has 0 saturated heterocycles. The molecule has 3 aromatic heterocycles. The van der Waals surface area contributed by atoms with Crippen LogP contribution in [0.25, 0.3) is 22.3 Å². The van der Waals surface area contributed by atoms with Crippen LogP contribution in [0.1, 0.15) is 44.8 Å². The average Bonchev–Trinajstić information content (AvgIpc) is 3.41. The minimum Gasteiger partial charge on any atom is -0.404 e. The van der Waals surface area contributed by atoms with E-state index in [4.69, 9.17) is 15.5 Å². The molecule has 0 unspecified atom stereocenters. The summed E-state index contributed by atoms with van der Waals surface area (Å²) < 4.78 is 8.89. The van der Waals surface area contributed by atoms with Crippen LogP contribution in [0, 0.1) is 0 Å². The molecule has 0 amide bonds. The minimum absolute atomic E-state index is 0.381. The number of aromatic nitrogens is 5. The van der Waals surface area contributed by atoms with Crippen LogP contribution in [-0.4, -0.2) is 50.9 Å². The van der Waals surface area contributed by atoms with Crippen LogP contribution in [-0.2, 0) is 4.74 Å². The van der Waals surface area contributed by atoms with Gasteiger partial charge in [-0.3, -0.25) is 9.67 Å². The number of ether oxygens (including phenoxy) is 1. The van der Waals surface area contributed by atoms with Crippen LogP contribution in [0.15, 0.2) is 42.0 Å². The summed E-state index contributed by atoms with van der Waals surface area (Å²) in [6, 6.07) is 2.33. The Kier molecular flexibility index (Phi) is 7.13. The number of nitrogens with two attached hydrogens (primary N) is 1. The van der Waals surface area contributed by atoms with E-state index < -0.39 is 0 Å². The maximum atomic E-state index is 5.87. The summed E-state index contributed by atoms with van der Waals surface area (Å²) >= 11 is 0. The lowest BCUT2D eigenvalue weighted by molar-refractivity contribution is 0.197. The smallest absolute Gasteiger partial charge is 0.0999 e. The molecule has 0 aliphatic carbocycles. The molecular formula is C21H29N7O. The van der Waals surface area contributed by atoms with Gasteiger partial charge in [-0.1, -0.05) is 13.8 Å². The van der Waals surface area contributed by atoms with E-state index >= 15 is 0 Å². The van der Waals surface area contributed by atoms with Crippen molar-refractivity contribution in [1.82, 2.24) is 24.4 Å². The second-order valence-electron chi connectivity index (χ2n) is 6.82. The van der Waals surface area contributed by atoms with Gasteiger partial charge in [0.2, 0.25) is 0 Å². The molecule has 0 aliphatic heterocycles. The standard InChI is InChI=1S/C21H29N7O/c1-4-18(5-2)27-14-17(13-25-27)21-20-7-9-24-28(20)15-19(26-21)16(11-22)12-23-8-6-10-29-3/h7,9,11-15,18H,4-6,8,10,22H2,1-3H3. The largest absolute Gasteiger partial charge is 0.404 e. The highest BCUT2D eigenvalue weighted by atomic mass is 16.5. The molecule has 8 nitrogen and oxygen atoms in total. The van der Waals surface area contributed by atoms with Gasteiger partial charge in [0.15, 0.2) is 0 Å². The van der Waals surface area contributed by atoms with Gasteiger partial charge in [0.1, 0.15) is 0 Å². The molecule has 0 bridgehead atoms. The molecule has 3 heterocycles. The quantitative estimate of drug-likeness (QED) is 0.419. The van der Waals surface area contributed by atoms with Gasteiger partial charge in [0.25, 0.3) is 0 Å². The molecular weight excluding hydrogens is 366 g/mol. The molecule has 3 rings (SSSR count). The molecule has 0 atom stereocenters. The Morgan fingerprint density at radius 1 is 1.28 bits per heavy atom. The number of allylic oxidation sites excluding steroid dienone is 1. The van der Waals surface area contributed by atoms with Crippen LogP contribution in [0.3, 0.4) is 0 Å². The highest BCUT2D eigenvalue weighted by Crippen LogP contribution is 2.26. The van der Waals surface area contributed by atoms with Crippen LogP contribution in [0.4, 0.5) is 0 Å². The van der Waals surface area contributed by atoms with Gasteiger partial charge in [-0.15, -0.1) is 0 Å². The summed E-state index contributed by atoms with van der Waals surface area (Å²) in [7, 11) is 1.69. The Balaban J connectivity index is 1.96. The van der Waals surface area contributed by atoms with E-state index in [1.54, 1.807) is 19.5 Å². The van der Waals surface area contributed by atoms with Crippen molar-refractivity contribution >= 4 is 17.3 Å². The van der Waals surface area contributed by atoms with E-state index in [0.717, 1.165) is 41.6 Å². The summed E-state index contributed by atoms with van der Waals surface area (Å²) in [5.74, 6) is 0. The second-order valence-corrected chi connectivity index (χ2v) is 6.82. The lowest BCUT2D eigenvalue weighted by Crippen LogP contribution is -2.06. The van der Waals surface area contributed by atoms with Gasteiger partial charge in [-0.2, -0.15) is 10.2 Å². The van der Waals surface area contributed by atoms with E-state index in [2.05, 4.69) is 35.2 Å². The van der Waals surface area contributed by atoms with Crippen molar-refractivity contribution in [3.8, 4) is 11.3 Å². The summed E-state index contributed by atoms with van der Waals surface area (Å²) in [5.41, 5.74) is 10.0. The SMILES string of the molecule is CCC(CC)n1cc(-c2nc(C(C=NCCCOC)=CN)cn3nccc23)cn1. The van der Waals surface area contributed by atoms with Crippen molar-refractivity contribution in [3.05, 3.63) is 42.7 Å². The van der Waals surface area contributed by atoms with Crippen LogP contribution in [0.2, 0.25) is 0 Å². The molecule has 0 aliphatic rings. The Morgan fingerprint density at radius 3 is 2.83 bits per heavy atom. The molecule has 154 valence electrons. The maximum absolute atomic E-state index is 5.87. The zero-order valence-corrected chi connectivity index (χ0v) is 17.3. The Morgan fingerprint density at radius 2 is 2.10 bits per heavy atom. The third kappa shape index (κ3) is 4.71. The Labute approximate surface area is 171 Å². The number of aliphatic imine (C=N–C) groups is 1. The van der Waals surface area contributed by atoms with Gasteiger partial charge in [0, 0.05) is 50.0 Å². The number of methoxy groups -OCH3 is 1. The van der Waals surface area contributed by atoms with Crippen molar-refractivity contribution in [1.29, 1.82) is 0 Å². The van der Waals surface area contributed by atoms with Crippen molar-refractivity contribution in [2.45, 2.75) is 39.2 Å². The predicted molar refractivity (Wildman–Crippen MR) is 116 cm³/mol. The van der Waals surface area contributed by atoms with E-state index in [0.29, 0.717) is 24.9 Å². The van der Waals surface area contributed by atoms with Gasteiger partial charge >= 0.3 is 0 Å². The molecule has 0 aromatic carbocycles. The van der Waals surface area contributed by atoms with Crippen LogP contribution < -0.4 is 5.73 Å². The topological polar surface area (TPSA) is 95.6 Å². The highest BCUT2D eigenvalue weighted by Gasteiger charge is 2.15. The number of hydrogen-bond donors (Lipinski definition) is 1. The maximum Gasteiger partial charge on any atom is 0.0999 e. The number of rotatable bonds is 10. The summed E-state index contributed by atoms with van der Waals surface area (Å²) in [5, 5.41) is 8.97. The Hall–Kier alpha value is -3.00. The van der Waals surface area contributed by atoms with Crippen LogP contribution >= 0.6 is 0 Å². The van der Waals surface area contributed by atoms with Crippen molar-refractivity contribution in [2.24, 2.45) is 10.7 Å². The van der Waals surface area contributed by atoms with E-state index in [9.17, 15) is 0 Å². The fourth-order valence-electron chi connectivity index (χ4n) is 3.26. The zero-order valence-electron chi connectivity index (χ0n) is 17.3. The molecule has 0 fully saturated rings. The molecule has 3 aromatic rings. The number of fused-ring (bicyclic) bond motifs is 1. The number of nitrogens with zero attached hydrogens (tertiary/aromatic N) is 6. The van der Waals surface area contributed by atoms with Crippen molar-refractivity contribution in [2.75, 3.05) is 20.3 Å². The molecule has 0 radical (unpaired) electrons. The number of hydrogen-bond acceptors (Lipinski definition) is 6. The summed E-state index contributed by atoms with van der Waals surface area (Å²) in [6.45, 7) is 5.70. The molecule has 0 saturated carbocycles. The fraction of sp³-hybridized carbons (Fsp3) is 0.429. The van der Waals surface area contributed by atoms with E-state index in [1.807, 2.05) is 27.7 Å². The predicted octanol–water partition coefficient (Wildman–Crippen LogP) is 3.36. The first-order valence-corrected chi connectivity index (χ1v) is 10.0. The third-order valence-electron chi connectivity index (χ3n) is 4.92. The van der Waals surface area contributed by atoms with Gasteiger partial charge < -0.3 is 10.5 Å². The van der Waals surface area contributed by atoms with Gasteiger partial charge in [-0.05, 0) is 25.3 Å². The Bertz CT molecular complexity index is 982. The summed E-state index contributed by atoms with van der Waals surface area (Å²) in [4.78, 5) is 9.31. The molecule has 8 heteroatoms. The highest BCUT2D eigenvalue weighted by molar-refractivity contribution is 6.09. The molecule has 0 spiro atoms. The normalized spacial score (nSPS) is 12.6. The van der Waals surface area contributed by atoms with Gasteiger partial charge in [-0.25, -0.2) is 9.50 Å².